The first-order chi connectivity index (χ1) is 13.4. The van der Waals surface area contributed by atoms with Crippen LogP contribution in [0.25, 0.3) is 0 Å². The summed E-state index contributed by atoms with van der Waals surface area (Å²) in [5.41, 5.74) is 2.06. The third-order valence-electron chi connectivity index (χ3n) is 5.53. The van der Waals surface area contributed by atoms with Gasteiger partial charge in [0.25, 0.3) is 0 Å². The van der Waals surface area contributed by atoms with Crippen molar-refractivity contribution in [2.45, 2.75) is 70.2 Å². The molecule has 0 saturated heterocycles. The van der Waals surface area contributed by atoms with E-state index in [2.05, 4.69) is 16.9 Å². The summed E-state index contributed by atoms with van der Waals surface area (Å²) >= 11 is 0. The van der Waals surface area contributed by atoms with Gasteiger partial charge in [0.05, 0.1) is 24.2 Å². The summed E-state index contributed by atoms with van der Waals surface area (Å²) in [6, 6.07) is 10.6. The van der Waals surface area contributed by atoms with Crippen molar-refractivity contribution in [1.82, 2.24) is 14.5 Å². The van der Waals surface area contributed by atoms with Crippen molar-refractivity contribution in [2.75, 3.05) is 12.8 Å². The van der Waals surface area contributed by atoms with E-state index in [1.54, 1.807) is 6.20 Å². The predicted molar refractivity (Wildman–Crippen MR) is 113 cm³/mol. The fourth-order valence-corrected chi connectivity index (χ4v) is 5.88. The second-order valence-corrected chi connectivity index (χ2v) is 10.4. The third-order valence-corrected chi connectivity index (χ3v) is 7.51. The van der Waals surface area contributed by atoms with Crippen molar-refractivity contribution in [3.8, 4) is 0 Å². The zero-order valence-corrected chi connectivity index (χ0v) is 18.2. The maximum atomic E-state index is 13.0. The highest BCUT2D eigenvalue weighted by Gasteiger charge is 2.26. The lowest BCUT2D eigenvalue weighted by atomic mass is 9.94. The molecule has 0 atom stereocenters. The summed E-state index contributed by atoms with van der Waals surface area (Å²) in [6.07, 6.45) is 8.10. The molecule has 1 fully saturated rings. The van der Waals surface area contributed by atoms with Crippen LogP contribution in [0.3, 0.4) is 0 Å². The number of sulfone groups is 1. The van der Waals surface area contributed by atoms with Crippen LogP contribution in [0.15, 0.2) is 41.7 Å². The SMILES string of the molecule is CC(C)CS(=O)(=O)c1ncc(CN(C)C2CCCCC2)n1Cc1ccccc1. The van der Waals surface area contributed by atoms with Gasteiger partial charge in [-0.2, -0.15) is 0 Å². The van der Waals surface area contributed by atoms with Crippen LogP contribution < -0.4 is 0 Å². The van der Waals surface area contributed by atoms with E-state index in [0.29, 0.717) is 12.6 Å². The van der Waals surface area contributed by atoms with Gasteiger partial charge in [-0.1, -0.05) is 63.4 Å². The van der Waals surface area contributed by atoms with Crippen molar-refractivity contribution in [3.05, 3.63) is 47.8 Å². The molecule has 5 nitrogen and oxygen atoms in total. The minimum Gasteiger partial charge on any atom is -0.313 e. The predicted octanol–water partition coefficient (Wildman–Crippen LogP) is 4.13. The van der Waals surface area contributed by atoms with E-state index in [-0.39, 0.29) is 16.8 Å². The Morgan fingerprint density at radius 3 is 2.46 bits per heavy atom. The number of benzene rings is 1. The Labute approximate surface area is 169 Å². The van der Waals surface area contributed by atoms with E-state index in [1.807, 2.05) is 48.7 Å². The first-order valence-corrected chi connectivity index (χ1v) is 12.0. The largest absolute Gasteiger partial charge is 0.313 e. The third kappa shape index (κ3) is 5.23. The monoisotopic (exact) mass is 403 g/mol. The molecule has 0 aliphatic heterocycles. The highest BCUT2D eigenvalue weighted by Crippen LogP contribution is 2.24. The Morgan fingerprint density at radius 1 is 1.14 bits per heavy atom. The Hall–Kier alpha value is -1.66. The van der Waals surface area contributed by atoms with Crippen LogP contribution in [0.5, 0.6) is 0 Å². The molecule has 0 bridgehead atoms. The smallest absolute Gasteiger partial charge is 0.228 e. The summed E-state index contributed by atoms with van der Waals surface area (Å²) in [5, 5.41) is 0.206. The maximum absolute atomic E-state index is 13.0. The van der Waals surface area contributed by atoms with Crippen LogP contribution in [0.2, 0.25) is 0 Å². The lowest BCUT2D eigenvalue weighted by Crippen LogP contribution is -2.33. The summed E-state index contributed by atoms with van der Waals surface area (Å²) < 4.78 is 27.8. The number of rotatable bonds is 8. The number of nitrogens with zero attached hydrogens (tertiary/aromatic N) is 3. The molecule has 28 heavy (non-hydrogen) atoms. The van der Waals surface area contributed by atoms with Crippen LogP contribution in [0.4, 0.5) is 0 Å². The van der Waals surface area contributed by atoms with Gasteiger partial charge in [0.2, 0.25) is 15.0 Å². The second kappa shape index (κ2) is 9.23. The minimum absolute atomic E-state index is 0.0697. The zero-order valence-electron chi connectivity index (χ0n) is 17.3. The summed E-state index contributed by atoms with van der Waals surface area (Å²) in [5.74, 6) is 0.191. The van der Waals surface area contributed by atoms with Gasteiger partial charge in [-0.15, -0.1) is 0 Å². The van der Waals surface area contributed by atoms with Crippen LogP contribution in [-0.4, -0.2) is 41.7 Å². The van der Waals surface area contributed by atoms with Crippen LogP contribution >= 0.6 is 0 Å². The molecule has 2 aromatic rings. The van der Waals surface area contributed by atoms with E-state index in [9.17, 15) is 8.42 Å². The van der Waals surface area contributed by atoms with Gasteiger partial charge in [0.1, 0.15) is 0 Å². The molecular formula is C22H33N3O2S. The Kier molecular flexibility index (Phi) is 6.94. The molecule has 1 aliphatic rings. The fraction of sp³-hybridized carbons (Fsp3) is 0.591. The first-order valence-electron chi connectivity index (χ1n) is 10.4. The Bertz CT molecular complexity index is 853. The molecule has 3 rings (SSSR count). The van der Waals surface area contributed by atoms with E-state index in [4.69, 9.17) is 0 Å². The van der Waals surface area contributed by atoms with Crippen LogP contribution in [-0.2, 0) is 22.9 Å². The van der Waals surface area contributed by atoms with E-state index in [1.165, 1.54) is 32.1 Å². The van der Waals surface area contributed by atoms with E-state index >= 15 is 0 Å². The van der Waals surface area contributed by atoms with Gasteiger partial charge in [-0.05, 0) is 31.4 Å². The van der Waals surface area contributed by atoms with Crippen molar-refractivity contribution in [2.24, 2.45) is 5.92 Å². The molecular weight excluding hydrogens is 370 g/mol. The highest BCUT2D eigenvalue weighted by atomic mass is 32.2. The molecule has 6 heteroatoms. The number of hydrogen-bond donors (Lipinski definition) is 0. The number of aromatic nitrogens is 2. The number of hydrogen-bond acceptors (Lipinski definition) is 4. The van der Waals surface area contributed by atoms with Gasteiger partial charge in [-0.25, -0.2) is 13.4 Å². The maximum Gasteiger partial charge on any atom is 0.228 e. The molecule has 0 unspecified atom stereocenters. The first kappa shape index (κ1) is 21.1. The van der Waals surface area contributed by atoms with E-state index in [0.717, 1.165) is 17.8 Å². The van der Waals surface area contributed by atoms with Gasteiger partial charge < -0.3 is 4.57 Å². The quantitative estimate of drug-likeness (QED) is 0.665. The summed E-state index contributed by atoms with van der Waals surface area (Å²) in [4.78, 5) is 6.76. The van der Waals surface area contributed by atoms with Gasteiger partial charge >= 0.3 is 0 Å². The average molecular weight is 404 g/mol. The normalized spacial score (nSPS) is 16.2. The minimum atomic E-state index is -3.42. The van der Waals surface area contributed by atoms with E-state index < -0.39 is 9.84 Å². The lowest BCUT2D eigenvalue weighted by Gasteiger charge is -2.31. The summed E-state index contributed by atoms with van der Waals surface area (Å²) in [7, 11) is -1.27. The molecule has 1 aromatic heterocycles. The van der Waals surface area contributed by atoms with Crippen LogP contribution in [0.1, 0.15) is 57.2 Å². The molecule has 0 amide bonds. The standard InChI is InChI=1S/C22H33N3O2S/c1-18(2)17-28(26,27)22-23-14-21(16-24(3)20-12-8-5-9-13-20)25(22)15-19-10-6-4-7-11-19/h4,6-7,10-11,14,18,20H,5,8-9,12-13,15-17H2,1-3H3. The molecule has 1 aliphatic carbocycles. The Balaban J connectivity index is 1.90. The van der Waals surface area contributed by atoms with Crippen molar-refractivity contribution >= 4 is 9.84 Å². The molecule has 1 heterocycles. The second-order valence-electron chi connectivity index (χ2n) is 8.49. The average Bonchev–Trinajstić information content (AvgIpc) is 3.05. The van der Waals surface area contributed by atoms with Gasteiger partial charge in [0.15, 0.2) is 0 Å². The van der Waals surface area contributed by atoms with Gasteiger partial charge in [-0.3, -0.25) is 4.90 Å². The molecule has 0 N–H and O–H groups in total. The molecule has 0 radical (unpaired) electrons. The van der Waals surface area contributed by atoms with Crippen molar-refractivity contribution in [3.63, 3.8) is 0 Å². The summed E-state index contributed by atoms with van der Waals surface area (Å²) in [6.45, 7) is 5.11. The molecule has 154 valence electrons. The molecule has 0 spiro atoms. The lowest BCUT2D eigenvalue weighted by molar-refractivity contribution is 0.180. The van der Waals surface area contributed by atoms with Crippen molar-refractivity contribution in [1.29, 1.82) is 0 Å². The Morgan fingerprint density at radius 2 is 1.82 bits per heavy atom. The number of imidazole rings is 1. The molecule has 1 saturated carbocycles. The topological polar surface area (TPSA) is 55.2 Å². The van der Waals surface area contributed by atoms with Crippen molar-refractivity contribution < 1.29 is 8.42 Å². The zero-order chi connectivity index (χ0) is 20.1. The van der Waals surface area contributed by atoms with Crippen LogP contribution in [0, 0.1) is 5.92 Å². The fourth-order valence-electron chi connectivity index (χ4n) is 4.12. The molecule has 1 aromatic carbocycles. The highest BCUT2D eigenvalue weighted by molar-refractivity contribution is 7.91. The van der Waals surface area contributed by atoms with Gasteiger partial charge in [0, 0.05) is 12.6 Å².